The molecule has 0 radical (unpaired) electrons. The molecule has 2 heterocycles. The lowest BCUT2D eigenvalue weighted by Gasteiger charge is -2.14. The van der Waals surface area contributed by atoms with Crippen LogP contribution in [0.1, 0.15) is 32.3 Å². The number of nitrogens with one attached hydrogen (secondary N) is 1. The van der Waals surface area contributed by atoms with Crippen molar-refractivity contribution < 1.29 is 9.21 Å². The van der Waals surface area contributed by atoms with Crippen molar-refractivity contribution in [1.29, 1.82) is 0 Å². The Morgan fingerprint density at radius 2 is 1.71 bits per heavy atom. The number of aromatic nitrogens is 3. The van der Waals surface area contributed by atoms with Crippen molar-refractivity contribution in [1.82, 2.24) is 14.8 Å². The maximum atomic E-state index is 12.8. The van der Waals surface area contributed by atoms with E-state index in [9.17, 15) is 4.79 Å². The number of anilines is 1. The zero-order valence-corrected chi connectivity index (χ0v) is 18.5. The second-order valence-corrected chi connectivity index (χ2v) is 8.79. The zero-order chi connectivity index (χ0) is 21.8. The number of furan rings is 1. The zero-order valence-electron chi connectivity index (χ0n) is 17.6. The number of thioether (sulfide) groups is 1. The number of rotatable bonds is 7. The Kier molecular flexibility index (Phi) is 6.23. The van der Waals surface area contributed by atoms with Gasteiger partial charge in [-0.1, -0.05) is 55.9 Å². The summed E-state index contributed by atoms with van der Waals surface area (Å²) < 4.78 is 7.45. The summed E-state index contributed by atoms with van der Waals surface area (Å²) in [5.41, 5.74) is 2.92. The van der Waals surface area contributed by atoms with Crippen molar-refractivity contribution in [3.63, 3.8) is 0 Å². The fourth-order valence-corrected chi connectivity index (χ4v) is 4.00. The number of benzene rings is 2. The molecule has 6 nitrogen and oxygen atoms in total. The van der Waals surface area contributed by atoms with Gasteiger partial charge in [0, 0.05) is 11.4 Å². The Morgan fingerprint density at radius 3 is 2.35 bits per heavy atom. The van der Waals surface area contributed by atoms with Crippen LogP contribution in [0.25, 0.3) is 17.3 Å². The van der Waals surface area contributed by atoms with Gasteiger partial charge >= 0.3 is 0 Å². The van der Waals surface area contributed by atoms with Crippen molar-refractivity contribution in [2.24, 2.45) is 0 Å². The van der Waals surface area contributed by atoms with E-state index in [2.05, 4.69) is 29.4 Å². The third-order valence-electron chi connectivity index (χ3n) is 4.89. The lowest BCUT2D eigenvalue weighted by Crippen LogP contribution is -2.22. The largest absolute Gasteiger partial charge is 0.461 e. The lowest BCUT2D eigenvalue weighted by molar-refractivity contribution is -0.115. The topological polar surface area (TPSA) is 73.0 Å². The molecule has 2 aromatic heterocycles. The molecule has 1 unspecified atom stereocenters. The number of hydrogen-bond donors (Lipinski definition) is 1. The first kappa shape index (κ1) is 20.9. The third-order valence-corrected chi connectivity index (χ3v) is 5.93. The second-order valence-electron chi connectivity index (χ2n) is 7.48. The number of carbonyl (C=O) groups excluding carboxylic acids is 1. The van der Waals surface area contributed by atoms with Gasteiger partial charge in [-0.3, -0.25) is 9.36 Å². The van der Waals surface area contributed by atoms with Crippen LogP contribution in [0.2, 0.25) is 0 Å². The highest BCUT2D eigenvalue weighted by Gasteiger charge is 2.23. The van der Waals surface area contributed by atoms with Crippen LogP contribution in [-0.4, -0.2) is 25.9 Å². The van der Waals surface area contributed by atoms with E-state index < -0.39 is 0 Å². The maximum Gasteiger partial charge on any atom is 0.237 e. The number of amides is 1. The van der Waals surface area contributed by atoms with E-state index in [0.29, 0.717) is 22.7 Å². The van der Waals surface area contributed by atoms with Crippen molar-refractivity contribution >= 4 is 23.4 Å². The van der Waals surface area contributed by atoms with Crippen molar-refractivity contribution in [3.8, 4) is 17.3 Å². The average molecular weight is 433 g/mol. The highest BCUT2D eigenvalue weighted by atomic mass is 32.2. The van der Waals surface area contributed by atoms with E-state index in [0.717, 1.165) is 11.4 Å². The lowest BCUT2D eigenvalue weighted by atomic mass is 10.0. The Labute approximate surface area is 185 Å². The molecule has 0 bridgehead atoms. The minimum atomic E-state index is -0.374. The van der Waals surface area contributed by atoms with E-state index in [1.54, 1.807) is 6.26 Å². The van der Waals surface area contributed by atoms with Crippen molar-refractivity contribution in [2.45, 2.75) is 37.1 Å². The van der Waals surface area contributed by atoms with Crippen LogP contribution in [0.3, 0.4) is 0 Å². The van der Waals surface area contributed by atoms with Crippen molar-refractivity contribution in [3.05, 3.63) is 78.6 Å². The van der Waals surface area contributed by atoms with Crippen molar-refractivity contribution in [2.75, 3.05) is 5.32 Å². The summed E-state index contributed by atoms with van der Waals surface area (Å²) in [6.07, 6.45) is 1.60. The molecule has 0 aliphatic heterocycles. The first-order valence-corrected chi connectivity index (χ1v) is 11.0. The van der Waals surface area contributed by atoms with Gasteiger partial charge in [-0.15, -0.1) is 10.2 Å². The molecule has 0 fully saturated rings. The molecule has 2 aromatic carbocycles. The summed E-state index contributed by atoms with van der Waals surface area (Å²) in [7, 11) is 0. The van der Waals surface area contributed by atoms with E-state index >= 15 is 0 Å². The van der Waals surface area contributed by atoms with Gasteiger partial charge in [-0.25, -0.2) is 0 Å². The van der Waals surface area contributed by atoms with Gasteiger partial charge in [0.2, 0.25) is 11.7 Å². The summed E-state index contributed by atoms with van der Waals surface area (Å²) in [6, 6.07) is 21.4. The van der Waals surface area contributed by atoms with E-state index in [1.807, 2.05) is 78.2 Å². The maximum absolute atomic E-state index is 12.8. The molecule has 4 aromatic rings. The molecular formula is C24H24N4O2S. The van der Waals surface area contributed by atoms with Crippen LogP contribution < -0.4 is 5.32 Å². The first-order chi connectivity index (χ1) is 15.0. The SMILES string of the molecule is CC(Sc1nnc(-c2ccco2)n1-c1ccccc1)C(=O)Nc1ccc(C(C)C)cc1. The van der Waals surface area contributed by atoms with Gasteiger partial charge < -0.3 is 9.73 Å². The number of para-hydroxylation sites is 1. The summed E-state index contributed by atoms with van der Waals surface area (Å²) in [4.78, 5) is 12.8. The van der Waals surface area contributed by atoms with E-state index in [1.165, 1.54) is 17.3 Å². The Bertz CT molecular complexity index is 1140. The van der Waals surface area contributed by atoms with Gasteiger partial charge in [0.05, 0.1) is 11.5 Å². The molecule has 1 amide bonds. The molecule has 0 saturated carbocycles. The van der Waals surface area contributed by atoms with Crippen LogP contribution in [0.15, 0.2) is 82.6 Å². The van der Waals surface area contributed by atoms with Gasteiger partial charge in [-0.05, 0) is 54.8 Å². The van der Waals surface area contributed by atoms with Crippen LogP contribution in [0.4, 0.5) is 5.69 Å². The molecule has 0 saturated heterocycles. The highest BCUT2D eigenvalue weighted by molar-refractivity contribution is 8.00. The molecule has 0 spiro atoms. The molecule has 0 aliphatic rings. The predicted molar refractivity (Wildman–Crippen MR) is 124 cm³/mol. The summed E-state index contributed by atoms with van der Waals surface area (Å²) in [5, 5.41) is 11.9. The minimum absolute atomic E-state index is 0.0931. The molecule has 158 valence electrons. The molecule has 7 heteroatoms. The minimum Gasteiger partial charge on any atom is -0.461 e. The summed E-state index contributed by atoms with van der Waals surface area (Å²) in [6.45, 7) is 6.15. The first-order valence-electron chi connectivity index (χ1n) is 10.1. The fourth-order valence-electron chi connectivity index (χ4n) is 3.13. The normalized spacial score (nSPS) is 12.1. The molecular weight excluding hydrogens is 408 g/mol. The van der Waals surface area contributed by atoms with Gasteiger partial charge in [0.15, 0.2) is 10.9 Å². The number of carbonyl (C=O) groups is 1. The van der Waals surface area contributed by atoms with Crippen LogP contribution in [0, 0.1) is 0 Å². The highest BCUT2D eigenvalue weighted by Crippen LogP contribution is 2.30. The Morgan fingerprint density at radius 1 is 0.968 bits per heavy atom. The number of nitrogens with zero attached hydrogens (tertiary/aromatic N) is 3. The Hall–Kier alpha value is -3.32. The smallest absolute Gasteiger partial charge is 0.237 e. The summed E-state index contributed by atoms with van der Waals surface area (Å²) in [5.74, 6) is 1.57. The average Bonchev–Trinajstić information content (AvgIpc) is 3.44. The van der Waals surface area contributed by atoms with Gasteiger partial charge in [-0.2, -0.15) is 0 Å². The second kappa shape index (κ2) is 9.22. The molecule has 31 heavy (non-hydrogen) atoms. The van der Waals surface area contributed by atoms with E-state index in [4.69, 9.17) is 4.42 Å². The van der Waals surface area contributed by atoms with Crippen LogP contribution in [-0.2, 0) is 4.79 Å². The van der Waals surface area contributed by atoms with E-state index in [-0.39, 0.29) is 11.2 Å². The monoisotopic (exact) mass is 432 g/mol. The van der Waals surface area contributed by atoms with Gasteiger partial charge in [0.25, 0.3) is 0 Å². The van der Waals surface area contributed by atoms with Crippen LogP contribution >= 0.6 is 11.8 Å². The summed E-state index contributed by atoms with van der Waals surface area (Å²) >= 11 is 1.35. The standard InChI is InChI=1S/C24H24N4O2S/c1-16(2)18-11-13-19(14-12-18)25-23(29)17(3)31-24-27-26-22(21-10-7-15-30-21)28(24)20-8-5-4-6-9-20/h4-17H,1-3H3,(H,25,29). The quantitative estimate of drug-likeness (QED) is 0.375. The molecule has 1 N–H and O–H groups in total. The molecule has 1 atom stereocenters. The van der Waals surface area contributed by atoms with Gasteiger partial charge in [0.1, 0.15) is 0 Å². The number of hydrogen-bond acceptors (Lipinski definition) is 5. The Balaban J connectivity index is 1.55. The predicted octanol–water partition coefficient (Wildman–Crippen LogP) is 5.77. The fraction of sp³-hybridized carbons (Fsp3) is 0.208. The molecule has 4 rings (SSSR count). The molecule has 0 aliphatic carbocycles. The third kappa shape index (κ3) is 4.72. The van der Waals surface area contributed by atoms with Crippen LogP contribution in [0.5, 0.6) is 0 Å².